The number of aliphatic hydroxyl groups is 1. The molecule has 1 amide bonds. The lowest BCUT2D eigenvalue weighted by molar-refractivity contribution is -0.177. The summed E-state index contributed by atoms with van der Waals surface area (Å²) in [6.45, 7) is 2.44. The lowest BCUT2D eigenvalue weighted by atomic mass is 10.0. The van der Waals surface area contributed by atoms with Crippen molar-refractivity contribution in [1.29, 1.82) is 0 Å². The number of ether oxygens (including phenoxy) is 4. The third-order valence-electron chi connectivity index (χ3n) is 5.95. The quantitative estimate of drug-likeness (QED) is 0.403. The smallest absolute Gasteiger partial charge is 0.217 e. The van der Waals surface area contributed by atoms with Crippen molar-refractivity contribution in [3.05, 3.63) is 108 Å². The van der Waals surface area contributed by atoms with Crippen LogP contribution in [0.1, 0.15) is 23.6 Å². The van der Waals surface area contributed by atoms with E-state index in [9.17, 15) is 9.90 Å². The van der Waals surface area contributed by atoms with Crippen LogP contribution in [-0.4, -0.2) is 48.3 Å². The SMILES string of the molecule is CC(=O)NC1C(OCc2ccccc2)[C@@H]([C@H](O)COCc2ccccc2)O[C@@H]1OCc1ccccc1. The Morgan fingerprint density at radius 1 is 0.833 bits per heavy atom. The van der Waals surface area contributed by atoms with Crippen LogP contribution in [0.3, 0.4) is 0 Å². The van der Waals surface area contributed by atoms with Gasteiger partial charge >= 0.3 is 0 Å². The number of amides is 1. The molecule has 1 fully saturated rings. The van der Waals surface area contributed by atoms with Crippen molar-refractivity contribution in [3.8, 4) is 0 Å². The Morgan fingerprint density at radius 3 is 1.86 bits per heavy atom. The minimum atomic E-state index is -0.990. The third-order valence-corrected chi connectivity index (χ3v) is 5.95. The molecule has 0 bridgehead atoms. The van der Waals surface area contributed by atoms with Crippen molar-refractivity contribution in [1.82, 2.24) is 5.32 Å². The lowest BCUT2D eigenvalue weighted by Gasteiger charge is -2.27. The summed E-state index contributed by atoms with van der Waals surface area (Å²) in [5.41, 5.74) is 2.95. The second-order valence-electron chi connectivity index (χ2n) is 8.82. The van der Waals surface area contributed by atoms with Crippen LogP contribution >= 0.6 is 0 Å². The van der Waals surface area contributed by atoms with Crippen molar-refractivity contribution in [2.24, 2.45) is 0 Å². The summed E-state index contributed by atoms with van der Waals surface area (Å²) in [7, 11) is 0. The summed E-state index contributed by atoms with van der Waals surface area (Å²) >= 11 is 0. The molecule has 2 N–H and O–H groups in total. The van der Waals surface area contributed by atoms with Crippen LogP contribution in [-0.2, 0) is 43.6 Å². The zero-order chi connectivity index (χ0) is 25.2. The first kappa shape index (κ1) is 26.0. The van der Waals surface area contributed by atoms with Crippen molar-refractivity contribution in [3.63, 3.8) is 0 Å². The largest absolute Gasteiger partial charge is 0.388 e. The number of aliphatic hydroxyl groups excluding tert-OH is 1. The second-order valence-corrected chi connectivity index (χ2v) is 8.82. The maximum atomic E-state index is 12.1. The fraction of sp³-hybridized carbons (Fsp3) is 0.345. The molecular weight excluding hydrogens is 458 g/mol. The summed E-state index contributed by atoms with van der Waals surface area (Å²) < 4.78 is 24.3. The Labute approximate surface area is 212 Å². The zero-order valence-electron chi connectivity index (χ0n) is 20.4. The van der Waals surface area contributed by atoms with Gasteiger partial charge in [-0.3, -0.25) is 4.79 Å². The van der Waals surface area contributed by atoms with Gasteiger partial charge in [-0.2, -0.15) is 0 Å². The van der Waals surface area contributed by atoms with Gasteiger partial charge in [0.2, 0.25) is 5.91 Å². The summed E-state index contributed by atoms with van der Waals surface area (Å²) in [6, 6.07) is 28.6. The summed E-state index contributed by atoms with van der Waals surface area (Å²) in [5, 5.41) is 14.0. The number of rotatable bonds is 12. The van der Waals surface area contributed by atoms with Gasteiger partial charge in [0.25, 0.3) is 0 Å². The lowest BCUT2D eigenvalue weighted by Crippen LogP contribution is -2.50. The summed E-state index contributed by atoms with van der Waals surface area (Å²) in [6.07, 6.45) is -3.20. The van der Waals surface area contributed by atoms with Gasteiger partial charge in [0.15, 0.2) is 6.29 Å². The van der Waals surface area contributed by atoms with Gasteiger partial charge in [-0.15, -0.1) is 0 Å². The van der Waals surface area contributed by atoms with Crippen molar-refractivity contribution in [2.75, 3.05) is 6.61 Å². The highest BCUT2D eigenvalue weighted by Crippen LogP contribution is 2.29. The molecule has 0 aliphatic carbocycles. The van der Waals surface area contributed by atoms with Gasteiger partial charge < -0.3 is 29.4 Å². The van der Waals surface area contributed by atoms with Gasteiger partial charge in [0.05, 0.1) is 26.4 Å². The number of hydrogen-bond acceptors (Lipinski definition) is 6. The minimum Gasteiger partial charge on any atom is -0.388 e. The molecule has 3 aromatic rings. The molecule has 3 aromatic carbocycles. The molecule has 0 spiro atoms. The third kappa shape index (κ3) is 7.46. The Morgan fingerprint density at radius 2 is 1.33 bits per heavy atom. The topological polar surface area (TPSA) is 86.3 Å². The molecule has 5 atom stereocenters. The molecule has 1 saturated heterocycles. The van der Waals surface area contributed by atoms with E-state index in [-0.39, 0.29) is 12.5 Å². The van der Waals surface area contributed by atoms with Gasteiger partial charge in [-0.05, 0) is 16.7 Å². The molecule has 2 unspecified atom stereocenters. The van der Waals surface area contributed by atoms with E-state index in [0.29, 0.717) is 19.8 Å². The average Bonchev–Trinajstić information content (AvgIpc) is 3.24. The van der Waals surface area contributed by atoms with E-state index >= 15 is 0 Å². The van der Waals surface area contributed by atoms with E-state index in [1.165, 1.54) is 6.92 Å². The highest BCUT2D eigenvalue weighted by atomic mass is 16.7. The highest BCUT2D eigenvalue weighted by Gasteiger charge is 2.49. The number of nitrogens with one attached hydrogen (secondary N) is 1. The molecule has 7 nitrogen and oxygen atoms in total. The van der Waals surface area contributed by atoms with Crippen LogP contribution in [0.2, 0.25) is 0 Å². The van der Waals surface area contributed by atoms with Crippen LogP contribution in [0.15, 0.2) is 91.0 Å². The number of carbonyl (C=O) groups excluding carboxylic acids is 1. The molecular formula is C29H33NO6. The van der Waals surface area contributed by atoms with Crippen LogP contribution in [0.5, 0.6) is 0 Å². The van der Waals surface area contributed by atoms with E-state index in [4.69, 9.17) is 18.9 Å². The molecule has 36 heavy (non-hydrogen) atoms. The highest BCUT2D eigenvalue weighted by molar-refractivity contribution is 5.73. The summed E-state index contributed by atoms with van der Waals surface area (Å²) in [4.78, 5) is 12.1. The van der Waals surface area contributed by atoms with Gasteiger partial charge in [0, 0.05) is 6.92 Å². The first-order valence-electron chi connectivity index (χ1n) is 12.1. The van der Waals surface area contributed by atoms with Gasteiger partial charge in [-0.25, -0.2) is 0 Å². The van der Waals surface area contributed by atoms with E-state index < -0.39 is 30.6 Å². The fourth-order valence-corrected chi connectivity index (χ4v) is 4.20. The van der Waals surface area contributed by atoms with Crippen LogP contribution in [0, 0.1) is 0 Å². The van der Waals surface area contributed by atoms with E-state index in [2.05, 4.69) is 5.32 Å². The molecule has 4 rings (SSSR count). The van der Waals surface area contributed by atoms with Crippen LogP contribution in [0.4, 0.5) is 0 Å². The van der Waals surface area contributed by atoms with E-state index in [1.54, 1.807) is 0 Å². The summed E-state index contributed by atoms with van der Waals surface area (Å²) in [5.74, 6) is -0.235. The standard InChI is InChI=1S/C29H33NO6/c1-21(31)30-26-28(34-18-23-13-7-3-8-14-23)27(25(32)20-33-17-22-11-5-2-6-12-22)36-29(26)35-19-24-15-9-4-10-16-24/h2-16,25-29,32H,17-20H2,1H3,(H,30,31)/t25-,26?,27-,28?,29+/m1/s1. The number of hydrogen-bond donors (Lipinski definition) is 2. The zero-order valence-corrected chi connectivity index (χ0v) is 20.4. The first-order chi connectivity index (χ1) is 17.6. The Balaban J connectivity index is 1.46. The molecule has 1 heterocycles. The van der Waals surface area contributed by atoms with Crippen molar-refractivity contribution < 1.29 is 28.8 Å². The second kappa shape index (κ2) is 13.3. The minimum absolute atomic E-state index is 0.0446. The molecule has 1 aliphatic heterocycles. The van der Waals surface area contributed by atoms with Crippen LogP contribution < -0.4 is 5.32 Å². The van der Waals surface area contributed by atoms with Gasteiger partial charge in [-0.1, -0.05) is 91.0 Å². The first-order valence-corrected chi connectivity index (χ1v) is 12.1. The maximum absolute atomic E-state index is 12.1. The van der Waals surface area contributed by atoms with Crippen LogP contribution in [0.25, 0.3) is 0 Å². The fourth-order valence-electron chi connectivity index (χ4n) is 4.20. The van der Waals surface area contributed by atoms with Crippen molar-refractivity contribution in [2.45, 2.75) is 57.4 Å². The Kier molecular flexibility index (Phi) is 9.61. The monoisotopic (exact) mass is 491 g/mol. The molecule has 0 radical (unpaired) electrons. The molecule has 1 aliphatic rings. The number of benzene rings is 3. The number of carbonyl (C=O) groups is 1. The van der Waals surface area contributed by atoms with E-state index in [1.807, 2.05) is 91.0 Å². The molecule has 0 aromatic heterocycles. The normalized spacial score (nSPS) is 22.3. The maximum Gasteiger partial charge on any atom is 0.217 e. The Bertz CT molecular complexity index is 1050. The molecule has 0 saturated carbocycles. The van der Waals surface area contributed by atoms with Crippen molar-refractivity contribution >= 4 is 5.91 Å². The predicted octanol–water partition coefficient (Wildman–Crippen LogP) is 3.60. The van der Waals surface area contributed by atoms with Gasteiger partial charge in [0.1, 0.15) is 24.4 Å². The Hall–Kier alpha value is -3.07. The predicted molar refractivity (Wildman–Crippen MR) is 135 cm³/mol. The molecule has 7 heteroatoms. The molecule has 190 valence electrons. The van der Waals surface area contributed by atoms with E-state index in [0.717, 1.165) is 16.7 Å². The average molecular weight is 492 g/mol.